The summed E-state index contributed by atoms with van der Waals surface area (Å²) >= 11 is 5.85. The maximum absolute atomic E-state index is 12.9. The number of hydrogen-bond acceptors (Lipinski definition) is 4. The smallest absolute Gasteiger partial charge is 0.256 e. The van der Waals surface area contributed by atoms with E-state index in [1.807, 2.05) is 6.08 Å². The van der Waals surface area contributed by atoms with E-state index in [1.165, 1.54) is 18.3 Å². The van der Waals surface area contributed by atoms with Crippen LogP contribution in [-0.4, -0.2) is 22.4 Å². The summed E-state index contributed by atoms with van der Waals surface area (Å²) in [6, 6.07) is 5.95. The number of unbranched alkanes of at least 4 members (excludes halogenated alkanes) is 3. The van der Waals surface area contributed by atoms with E-state index >= 15 is 0 Å². The number of allylic oxidation sites excluding steroid dienone is 1. The SMILES string of the molecule is C=CCCCCCNc1nc(Cl)ncc1C(=O)NCc1ccc(F)cc1. The Morgan fingerprint density at radius 3 is 2.73 bits per heavy atom. The summed E-state index contributed by atoms with van der Waals surface area (Å²) in [6.45, 7) is 4.66. The molecule has 0 saturated heterocycles. The van der Waals surface area contributed by atoms with Crippen LogP contribution in [0.2, 0.25) is 5.28 Å². The summed E-state index contributed by atoms with van der Waals surface area (Å²) in [4.78, 5) is 20.4. The Kier molecular flexibility index (Phi) is 8.02. The van der Waals surface area contributed by atoms with Gasteiger partial charge in [-0.2, -0.15) is 4.98 Å². The lowest BCUT2D eigenvalue weighted by Crippen LogP contribution is -2.25. The van der Waals surface area contributed by atoms with E-state index in [9.17, 15) is 9.18 Å². The summed E-state index contributed by atoms with van der Waals surface area (Å²) in [5, 5.41) is 6.00. The first-order valence-corrected chi connectivity index (χ1v) is 8.88. The number of aromatic nitrogens is 2. The van der Waals surface area contributed by atoms with Crippen LogP contribution >= 0.6 is 11.6 Å². The summed E-state index contributed by atoms with van der Waals surface area (Å²) in [6.07, 6.45) is 7.39. The minimum Gasteiger partial charge on any atom is -0.369 e. The molecule has 0 saturated carbocycles. The largest absolute Gasteiger partial charge is 0.369 e. The van der Waals surface area contributed by atoms with Crippen LogP contribution in [0.4, 0.5) is 10.2 Å². The fraction of sp³-hybridized carbons (Fsp3) is 0.316. The van der Waals surface area contributed by atoms with Gasteiger partial charge in [-0.05, 0) is 48.6 Å². The van der Waals surface area contributed by atoms with E-state index in [0.717, 1.165) is 31.2 Å². The van der Waals surface area contributed by atoms with E-state index < -0.39 is 0 Å². The zero-order valence-corrected chi connectivity index (χ0v) is 15.2. The van der Waals surface area contributed by atoms with Crippen molar-refractivity contribution in [1.82, 2.24) is 15.3 Å². The van der Waals surface area contributed by atoms with E-state index in [-0.39, 0.29) is 23.6 Å². The number of amides is 1. The molecule has 0 bridgehead atoms. The number of anilines is 1. The van der Waals surface area contributed by atoms with Gasteiger partial charge < -0.3 is 10.6 Å². The zero-order chi connectivity index (χ0) is 18.8. The van der Waals surface area contributed by atoms with Crippen LogP contribution in [-0.2, 0) is 6.54 Å². The van der Waals surface area contributed by atoms with E-state index in [2.05, 4.69) is 27.2 Å². The maximum Gasteiger partial charge on any atom is 0.256 e. The summed E-state index contributed by atoms with van der Waals surface area (Å²) in [5.74, 6) is -0.226. The van der Waals surface area contributed by atoms with Gasteiger partial charge in [0.15, 0.2) is 0 Å². The molecule has 5 nitrogen and oxygen atoms in total. The van der Waals surface area contributed by atoms with Gasteiger partial charge in [-0.1, -0.05) is 24.6 Å². The fourth-order valence-corrected chi connectivity index (χ4v) is 2.47. The number of carbonyl (C=O) groups excluding carboxylic acids is 1. The quantitative estimate of drug-likeness (QED) is 0.367. The van der Waals surface area contributed by atoms with Gasteiger partial charge >= 0.3 is 0 Å². The molecule has 0 aliphatic rings. The Morgan fingerprint density at radius 1 is 1.23 bits per heavy atom. The Balaban J connectivity index is 1.93. The number of nitrogens with zero attached hydrogens (tertiary/aromatic N) is 2. The molecule has 0 atom stereocenters. The lowest BCUT2D eigenvalue weighted by Gasteiger charge is -2.11. The first kappa shape index (κ1) is 19.8. The number of rotatable bonds is 10. The summed E-state index contributed by atoms with van der Waals surface area (Å²) in [5.41, 5.74) is 1.12. The number of carbonyl (C=O) groups is 1. The highest BCUT2D eigenvalue weighted by Gasteiger charge is 2.14. The molecule has 2 aromatic rings. The molecule has 0 spiro atoms. The van der Waals surface area contributed by atoms with Crippen molar-refractivity contribution in [3.8, 4) is 0 Å². The van der Waals surface area contributed by atoms with E-state index in [4.69, 9.17) is 11.6 Å². The second kappa shape index (κ2) is 10.5. The predicted molar refractivity (Wildman–Crippen MR) is 102 cm³/mol. The van der Waals surface area contributed by atoms with Crippen LogP contribution in [0.1, 0.15) is 41.6 Å². The minimum absolute atomic E-state index is 0.0780. The van der Waals surface area contributed by atoms with E-state index in [0.29, 0.717) is 17.9 Å². The third-order valence-electron chi connectivity index (χ3n) is 3.75. The highest BCUT2D eigenvalue weighted by Crippen LogP contribution is 2.15. The average molecular weight is 377 g/mol. The molecule has 0 aliphatic carbocycles. The van der Waals surface area contributed by atoms with Crippen molar-refractivity contribution in [2.45, 2.75) is 32.2 Å². The molecule has 0 fully saturated rings. The van der Waals surface area contributed by atoms with Crippen molar-refractivity contribution in [1.29, 1.82) is 0 Å². The van der Waals surface area contributed by atoms with Gasteiger partial charge in [0, 0.05) is 19.3 Å². The van der Waals surface area contributed by atoms with Crippen LogP contribution < -0.4 is 10.6 Å². The molecule has 0 radical (unpaired) electrons. The third kappa shape index (κ3) is 6.44. The van der Waals surface area contributed by atoms with Crippen LogP contribution in [0.15, 0.2) is 43.1 Å². The number of halogens is 2. The number of nitrogens with one attached hydrogen (secondary N) is 2. The van der Waals surface area contributed by atoms with Gasteiger partial charge in [0.1, 0.15) is 17.2 Å². The average Bonchev–Trinajstić information content (AvgIpc) is 2.64. The Hall–Kier alpha value is -2.47. The van der Waals surface area contributed by atoms with Crippen molar-refractivity contribution in [3.05, 3.63) is 65.3 Å². The lowest BCUT2D eigenvalue weighted by atomic mass is 10.2. The van der Waals surface area contributed by atoms with Crippen molar-refractivity contribution >= 4 is 23.3 Å². The zero-order valence-electron chi connectivity index (χ0n) is 14.5. The van der Waals surface area contributed by atoms with Crippen molar-refractivity contribution < 1.29 is 9.18 Å². The minimum atomic E-state index is -0.319. The van der Waals surface area contributed by atoms with E-state index in [1.54, 1.807) is 12.1 Å². The molecule has 2 rings (SSSR count). The highest BCUT2D eigenvalue weighted by molar-refractivity contribution is 6.28. The molecule has 138 valence electrons. The maximum atomic E-state index is 12.9. The predicted octanol–water partition coefficient (Wildman–Crippen LogP) is 4.36. The second-order valence-electron chi connectivity index (χ2n) is 5.78. The molecule has 1 amide bonds. The molecule has 1 aromatic heterocycles. The molecular formula is C19H22ClFN4O. The van der Waals surface area contributed by atoms with Crippen LogP contribution in [0.5, 0.6) is 0 Å². The monoisotopic (exact) mass is 376 g/mol. The van der Waals surface area contributed by atoms with Gasteiger partial charge in [0.2, 0.25) is 5.28 Å². The molecule has 26 heavy (non-hydrogen) atoms. The van der Waals surface area contributed by atoms with Crippen LogP contribution in [0.25, 0.3) is 0 Å². The number of benzene rings is 1. The molecule has 1 aromatic carbocycles. The lowest BCUT2D eigenvalue weighted by molar-refractivity contribution is 0.0951. The topological polar surface area (TPSA) is 66.9 Å². The van der Waals surface area contributed by atoms with Crippen molar-refractivity contribution in [2.75, 3.05) is 11.9 Å². The molecular weight excluding hydrogens is 355 g/mol. The van der Waals surface area contributed by atoms with Gasteiger partial charge in [-0.15, -0.1) is 6.58 Å². The Morgan fingerprint density at radius 2 is 2.00 bits per heavy atom. The summed E-state index contributed by atoms with van der Waals surface area (Å²) < 4.78 is 12.9. The first-order valence-electron chi connectivity index (χ1n) is 8.50. The highest BCUT2D eigenvalue weighted by atomic mass is 35.5. The van der Waals surface area contributed by atoms with Gasteiger partial charge in [-0.25, -0.2) is 9.37 Å². The first-order chi connectivity index (χ1) is 12.6. The van der Waals surface area contributed by atoms with Crippen molar-refractivity contribution in [3.63, 3.8) is 0 Å². The number of hydrogen-bond donors (Lipinski definition) is 2. The van der Waals surface area contributed by atoms with Gasteiger partial charge in [-0.3, -0.25) is 4.79 Å². The van der Waals surface area contributed by atoms with Gasteiger partial charge in [0.25, 0.3) is 5.91 Å². The van der Waals surface area contributed by atoms with Crippen molar-refractivity contribution in [2.24, 2.45) is 0 Å². The molecule has 0 unspecified atom stereocenters. The third-order valence-corrected chi connectivity index (χ3v) is 3.93. The molecule has 7 heteroatoms. The Labute approximate surface area is 157 Å². The summed E-state index contributed by atoms with van der Waals surface area (Å²) in [7, 11) is 0. The molecule has 0 aliphatic heterocycles. The fourth-order valence-electron chi connectivity index (χ4n) is 2.34. The standard InChI is InChI=1S/C19H22ClFN4O/c1-2-3-4-5-6-11-22-17-16(13-24-19(20)25-17)18(26)23-12-14-7-9-15(21)10-8-14/h2,7-10,13H,1,3-6,11-12H2,(H,23,26)(H,22,24,25). The molecule has 1 heterocycles. The normalized spacial score (nSPS) is 10.4. The van der Waals surface area contributed by atoms with Crippen LogP contribution in [0.3, 0.4) is 0 Å². The Bertz CT molecular complexity index is 737. The molecule has 2 N–H and O–H groups in total. The second-order valence-corrected chi connectivity index (χ2v) is 6.11. The van der Waals surface area contributed by atoms with Crippen LogP contribution in [0, 0.1) is 5.82 Å². The van der Waals surface area contributed by atoms with Gasteiger partial charge in [0.05, 0.1) is 0 Å².